The van der Waals surface area contributed by atoms with Gasteiger partial charge in [0.2, 0.25) is 0 Å². The molecule has 1 aliphatic carbocycles. The van der Waals surface area contributed by atoms with Crippen molar-refractivity contribution in [2.45, 2.75) is 39.0 Å². The number of rotatable bonds is 3. The molecule has 4 rings (SSSR count). The van der Waals surface area contributed by atoms with Gasteiger partial charge in [-0.3, -0.25) is 0 Å². The predicted octanol–water partition coefficient (Wildman–Crippen LogP) is 4.47. The highest BCUT2D eigenvalue weighted by molar-refractivity contribution is 6.11. The quantitative estimate of drug-likeness (QED) is 0.861. The van der Waals surface area contributed by atoms with Crippen LogP contribution in [0.1, 0.15) is 53.9 Å². The van der Waals surface area contributed by atoms with Gasteiger partial charge in [-0.1, -0.05) is 6.92 Å². The van der Waals surface area contributed by atoms with E-state index < -0.39 is 0 Å². The summed E-state index contributed by atoms with van der Waals surface area (Å²) in [6, 6.07) is 4.00. The van der Waals surface area contributed by atoms with Crippen LogP contribution in [-0.4, -0.2) is 22.8 Å². The van der Waals surface area contributed by atoms with Crippen LogP contribution in [0.4, 0.5) is 0 Å². The van der Waals surface area contributed by atoms with E-state index in [0.29, 0.717) is 5.92 Å². The highest BCUT2D eigenvalue weighted by Gasteiger charge is 2.24. The second kappa shape index (κ2) is 5.86. The van der Waals surface area contributed by atoms with Gasteiger partial charge in [0.05, 0.1) is 18.5 Å². The van der Waals surface area contributed by atoms with Crippen LogP contribution in [0.15, 0.2) is 40.9 Å². The van der Waals surface area contributed by atoms with Crippen molar-refractivity contribution in [3.05, 3.63) is 64.1 Å². The molecule has 0 unspecified atom stereocenters. The van der Waals surface area contributed by atoms with E-state index in [-0.39, 0.29) is 0 Å². The molecule has 2 aliphatic rings. The Morgan fingerprint density at radius 3 is 3.00 bits per heavy atom. The molecule has 2 aromatic heterocycles. The van der Waals surface area contributed by atoms with E-state index in [1.54, 1.807) is 7.11 Å². The lowest BCUT2D eigenvalue weighted by molar-refractivity contribution is 0.303. The monoisotopic (exact) mass is 321 g/mol. The minimum absolute atomic E-state index is 0.591. The van der Waals surface area contributed by atoms with Crippen molar-refractivity contribution in [1.29, 1.82) is 0 Å². The lowest BCUT2D eigenvalue weighted by Crippen LogP contribution is -2.06. The highest BCUT2D eigenvalue weighted by atomic mass is 16.5. The standard InChI is InChI=1S/C20H23N3O/c1-12-6-4-7-14-13(2)22-18(20(12)14)10-17-19(24-3)11-16(23-17)15-8-5-9-21-15/h5,8-12,21-22H,4,6-7H2,1-3H3/b17-10-/t12-/m0/s1. The molecule has 0 saturated carbocycles. The van der Waals surface area contributed by atoms with Gasteiger partial charge < -0.3 is 14.7 Å². The molecule has 2 aromatic rings. The number of hydrogen-bond acceptors (Lipinski definition) is 2. The van der Waals surface area contributed by atoms with Crippen molar-refractivity contribution < 1.29 is 4.74 Å². The van der Waals surface area contributed by atoms with Gasteiger partial charge in [0.1, 0.15) is 11.5 Å². The van der Waals surface area contributed by atoms with E-state index in [0.717, 1.165) is 22.9 Å². The van der Waals surface area contributed by atoms with E-state index >= 15 is 0 Å². The molecule has 0 bridgehead atoms. The van der Waals surface area contributed by atoms with Crippen LogP contribution in [0.25, 0.3) is 6.08 Å². The van der Waals surface area contributed by atoms with Crippen LogP contribution >= 0.6 is 0 Å². The Morgan fingerprint density at radius 2 is 2.25 bits per heavy atom. The zero-order valence-electron chi connectivity index (χ0n) is 14.4. The molecule has 0 fully saturated rings. The number of ether oxygens (including phenoxy) is 1. The van der Waals surface area contributed by atoms with Gasteiger partial charge in [0.25, 0.3) is 0 Å². The van der Waals surface area contributed by atoms with E-state index in [1.807, 2.05) is 24.4 Å². The third-order valence-corrected chi connectivity index (χ3v) is 5.08. The first-order chi connectivity index (χ1) is 11.7. The Kier molecular flexibility index (Phi) is 3.68. The Hall–Kier alpha value is -2.49. The zero-order chi connectivity index (χ0) is 16.7. The molecule has 3 heterocycles. The Labute approximate surface area is 142 Å². The van der Waals surface area contributed by atoms with Gasteiger partial charge in [-0.15, -0.1) is 0 Å². The molecule has 0 spiro atoms. The summed E-state index contributed by atoms with van der Waals surface area (Å²) in [5.41, 5.74) is 8.23. The molecule has 2 N–H and O–H groups in total. The average molecular weight is 321 g/mol. The van der Waals surface area contributed by atoms with Gasteiger partial charge in [-0.25, -0.2) is 4.99 Å². The highest BCUT2D eigenvalue weighted by Crippen LogP contribution is 2.37. The molecule has 0 saturated heterocycles. The number of nitrogens with one attached hydrogen (secondary N) is 2. The van der Waals surface area contributed by atoms with Gasteiger partial charge in [-0.05, 0) is 61.4 Å². The summed E-state index contributed by atoms with van der Waals surface area (Å²) in [6.07, 6.45) is 9.75. The molecule has 0 radical (unpaired) electrons. The lowest BCUT2D eigenvalue weighted by Gasteiger charge is -2.20. The smallest absolute Gasteiger partial charge is 0.146 e. The molecule has 0 aromatic carbocycles. The Bertz CT molecular complexity index is 850. The first-order valence-electron chi connectivity index (χ1n) is 8.59. The predicted molar refractivity (Wildman–Crippen MR) is 97.3 cm³/mol. The molecular formula is C20H23N3O. The number of H-pyrrole nitrogens is 2. The maximum atomic E-state index is 5.55. The van der Waals surface area contributed by atoms with E-state index in [4.69, 9.17) is 9.73 Å². The SMILES string of the molecule is COC1=CC(c2ccc[nH]2)=N/C1=C\c1[nH]c(C)c2c1[C@@H](C)CCC2. The molecule has 1 atom stereocenters. The van der Waals surface area contributed by atoms with Gasteiger partial charge >= 0.3 is 0 Å². The van der Waals surface area contributed by atoms with E-state index in [2.05, 4.69) is 29.9 Å². The first kappa shape index (κ1) is 15.1. The summed E-state index contributed by atoms with van der Waals surface area (Å²) in [5.74, 6) is 1.40. The fourth-order valence-corrected chi connectivity index (χ4v) is 3.88. The van der Waals surface area contributed by atoms with E-state index in [9.17, 15) is 0 Å². The van der Waals surface area contributed by atoms with Gasteiger partial charge in [0, 0.05) is 23.7 Å². The number of aromatic nitrogens is 2. The van der Waals surface area contributed by atoms with Crippen LogP contribution in [0.3, 0.4) is 0 Å². The van der Waals surface area contributed by atoms with Crippen molar-refractivity contribution >= 4 is 11.8 Å². The van der Waals surface area contributed by atoms with Crippen LogP contribution in [0, 0.1) is 6.92 Å². The number of aliphatic imine (C=N–C) groups is 1. The molecular weight excluding hydrogens is 298 g/mol. The van der Waals surface area contributed by atoms with Crippen molar-refractivity contribution in [3.63, 3.8) is 0 Å². The number of allylic oxidation sites excluding steroid dienone is 1. The van der Waals surface area contributed by atoms with Crippen molar-refractivity contribution in [2.24, 2.45) is 4.99 Å². The average Bonchev–Trinajstić information content (AvgIpc) is 3.28. The second-order valence-electron chi connectivity index (χ2n) is 6.67. The number of nitrogens with zero attached hydrogens (tertiary/aromatic N) is 1. The van der Waals surface area contributed by atoms with Crippen LogP contribution < -0.4 is 0 Å². The summed E-state index contributed by atoms with van der Waals surface area (Å²) in [5, 5.41) is 0. The van der Waals surface area contributed by atoms with Gasteiger partial charge in [-0.2, -0.15) is 0 Å². The van der Waals surface area contributed by atoms with E-state index in [1.165, 1.54) is 41.8 Å². The van der Waals surface area contributed by atoms with Crippen LogP contribution in [0.5, 0.6) is 0 Å². The summed E-state index contributed by atoms with van der Waals surface area (Å²) in [4.78, 5) is 11.5. The summed E-state index contributed by atoms with van der Waals surface area (Å²) in [6.45, 7) is 4.50. The first-order valence-corrected chi connectivity index (χ1v) is 8.59. The Balaban J connectivity index is 1.77. The second-order valence-corrected chi connectivity index (χ2v) is 6.67. The largest absolute Gasteiger partial charge is 0.494 e. The normalized spacial score (nSPS) is 21.6. The molecule has 1 aliphatic heterocycles. The van der Waals surface area contributed by atoms with Crippen molar-refractivity contribution in [1.82, 2.24) is 9.97 Å². The number of fused-ring (bicyclic) bond motifs is 1. The number of aromatic amines is 2. The number of aryl methyl sites for hydroxylation is 1. The zero-order valence-corrected chi connectivity index (χ0v) is 14.4. The van der Waals surface area contributed by atoms with Gasteiger partial charge in [0.15, 0.2) is 0 Å². The fraction of sp³-hybridized carbons (Fsp3) is 0.350. The number of hydrogen-bond donors (Lipinski definition) is 2. The minimum atomic E-state index is 0.591. The lowest BCUT2D eigenvalue weighted by atomic mass is 9.84. The summed E-state index contributed by atoms with van der Waals surface area (Å²) >= 11 is 0. The maximum Gasteiger partial charge on any atom is 0.146 e. The van der Waals surface area contributed by atoms with Crippen LogP contribution in [0.2, 0.25) is 0 Å². The minimum Gasteiger partial charge on any atom is -0.494 e. The third kappa shape index (κ3) is 2.42. The fourth-order valence-electron chi connectivity index (χ4n) is 3.88. The molecule has 0 amide bonds. The summed E-state index contributed by atoms with van der Waals surface area (Å²) in [7, 11) is 1.70. The molecule has 4 heteroatoms. The third-order valence-electron chi connectivity index (χ3n) is 5.08. The number of methoxy groups -OCH3 is 1. The topological polar surface area (TPSA) is 53.2 Å². The van der Waals surface area contributed by atoms with Crippen molar-refractivity contribution in [2.75, 3.05) is 7.11 Å². The van der Waals surface area contributed by atoms with Crippen LogP contribution in [-0.2, 0) is 11.2 Å². The maximum absolute atomic E-state index is 5.55. The molecule has 124 valence electrons. The van der Waals surface area contributed by atoms with Crippen molar-refractivity contribution in [3.8, 4) is 0 Å². The Morgan fingerprint density at radius 1 is 1.38 bits per heavy atom. The molecule has 4 nitrogen and oxygen atoms in total. The summed E-state index contributed by atoms with van der Waals surface area (Å²) < 4.78 is 5.55. The molecule has 24 heavy (non-hydrogen) atoms.